The topological polar surface area (TPSA) is 17.8 Å². The zero-order valence-electron chi connectivity index (χ0n) is 8.68. The molecular weight excluding hydrogens is 148 g/mol. The molecule has 68 valence electrons. The third kappa shape index (κ3) is 1.52. The van der Waals surface area contributed by atoms with Crippen molar-refractivity contribution in [1.82, 2.24) is 9.55 Å². The molecule has 0 spiro atoms. The van der Waals surface area contributed by atoms with E-state index in [2.05, 4.69) is 44.2 Å². The molecule has 0 saturated heterocycles. The molecular formula is C10H18N2. The Morgan fingerprint density at radius 2 is 2.00 bits per heavy atom. The Bertz CT molecular complexity index is 266. The highest BCUT2D eigenvalue weighted by molar-refractivity contribution is 5.19. The SMILES string of the molecule is CCn1cnc(C)c1C(C)(C)C. The monoisotopic (exact) mass is 166 g/mol. The van der Waals surface area contributed by atoms with Gasteiger partial charge in [0.1, 0.15) is 0 Å². The normalized spacial score (nSPS) is 12.1. The van der Waals surface area contributed by atoms with Crippen LogP contribution >= 0.6 is 0 Å². The number of aryl methyl sites for hydroxylation is 2. The first kappa shape index (κ1) is 9.30. The van der Waals surface area contributed by atoms with Crippen molar-refractivity contribution in [2.75, 3.05) is 0 Å². The van der Waals surface area contributed by atoms with E-state index < -0.39 is 0 Å². The van der Waals surface area contributed by atoms with Crippen molar-refractivity contribution in [1.29, 1.82) is 0 Å². The van der Waals surface area contributed by atoms with Gasteiger partial charge in [0.25, 0.3) is 0 Å². The Labute approximate surface area is 74.6 Å². The third-order valence-corrected chi connectivity index (χ3v) is 2.07. The van der Waals surface area contributed by atoms with Crippen LogP contribution in [-0.4, -0.2) is 9.55 Å². The lowest BCUT2D eigenvalue weighted by atomic mass is 9.90. The quantitative estimate of drug-likeness (QED) is 0.626. The predicted octanol–water partition coefficient (Wildman–Crippen LogP) is 2.51. The molecule has 0 amide bonds. The first-order chi connectivity index (χ1) is 5.46. The van der Waals surface area contributed by atoms with Gasteiger partial charge in [-0.2, -0.15) is 0 Å². The van der Waals surface area contributed by atoms with Crippen LogP contribution < -0.4 is 0 Å². The van der Waals surface area contributed by atoms with Gasteiger partial charge >= 0.3 is 0 Å². The minimum absolute atomic E-state index is 0.205. The highest BCUT2D eigenvalue weighted by Gasteiger charge is 2.20. The van der Waals surface area contributed by atoms with Gasteiger partial charge in [-0.25, -0.2) is 4.98 Å². The molecule has 2 nitrogen and oxygen atoms in total. The molecule has 0 unspecified atom stereocenters. The summed E-state index contributed by atoms with van der Waals surface area (Å²) in [5.41, 5.74) is 2.71. The van der Waals surface area contributed by atoms with Gasteiger partial charge in [-0.3, -0.25) is 0 Å². The molecule has 0 aliphatic heterocycles. The predicted molar refractivity (Wildman–Crippen MR) is 51.3 cm³/mol. The van der Waals surface area contributed by atoms with Crippen molar-refractivity contribution >= 4 is 0 Å². The molecule has 0 radical (unpaired) electrons. The summed E-state index contributed by atoms with van der Waals surface area (Å²) < 4.78 is 2.22. The van der Waals surface area contributed by atoms with E-state index in [-0.39, 0.29) is 5.41 Å². The summed E-state index contributed by atoms with van der Waals surface area (Å²) in [5.74, 6) is 0. The fourth-order valence-electron chi connectivity index (χ4n) is 1.70. The van der Waals surface area contributed by atoms with Crippen LogP contribution in [0.2, 0.25) is 0 Å². The highest BCUT2D eigenvalue weighted by Crippen LogP contribution is 2.24. The standard InChI is InChI=1S/C10H18N2/c1-6-12-7-11-8(2)9(12)10(3,4)5/h7H,6H2,1-5H3. The smallest absolute Gasteiger partial charge is 0.0951 e. The molecule has 2 heteroatoms. The van der Waals surface area contributed by atoms with Crippen LogP contribution in [0.3, 0.4) is 0 Å². The minimum Gasteiger partial charge on any atom is -0.334 e. The van der Waals surface area contributed by atoms with E-state index in [1.165, 1.54) is 5.69 Å². The van der Waals surface area contributed by atoms with Crippen LogP contribution in [0.5, 0.6) is 0 Å². The number of imidazole rings is 1. The summed E-state index contributed by atoms with van der Waals surface area (Å²) in [6, 6.07) is 0. The van der Waals surface area contributed by atoms with Crippen LogP contribution in [0.15, 0.2) is 6.33 Å². The molecule has 0 fully saturated rings. The molecule has 0 bridgehead atoms. The average Bonchev–Trinajstić information content (AvgIpc) is 2.29. The van der Waals surface area contributed by atoms with Crippen molar-refractivity contribution in [3.05, 3.63) is 17.7 Å². The lowest BCUT2D eigenvalue weighted by Crippen LogP contribution is -2.18. The van der Waals surface area contributed by atoms with Crippen LogP contribution in [0.4, 0.5) is 0 Å². The van der Waals surface area contributed by atoms with Crippen molar-refractivity contribution < 1.29 is 0 Å². The summed E-state index contributed by atoms with van der Waals surface area (Å²) in [6.07, 6.45) is 1.93. The van der Waals surface area contributed by atoms with E-state index in [1.807, 2.05) is 6.33 Å². The van der Waals surface area contributed by atoms with Crippen molar-refractivity contribution in [2.24, 2.45) is 0 Å². The summed E-state index contributed by atoms with van der Waals surface area (Å²) in [4.78, 5) is 4.32. The number of hydrogen-bond acceptors (Lipinski definition) is 1. The van der Waals surface area contributed by atoms with E-state index in [4.69, 9.17) is 0 Å². The minimum atomic E-state index is 0.205. The van der Waals surface area contributed by atoms with Crippen LogP contribution in [0.25, 0.3) is 0 Å². The summed E-state index contributed by atoms with van der Waals surface area (Å²) in [6.45, 7) is 11.9. The van der Waals surface area contributed by atoms with Gasteiger partial charge in [0.2, 0.25) is 0 Å². The molecule has 0 atom stereocenters. The van der Waals surface area contributed by atoms with E-state index in [9.17, 15) is 0 Å². The molecule has 1 aromatic rings. The second-order valence-electron chi connectivity index (χ2n) is 4.21. The maximum atomic E-state index is 4.32. The first-order valence-corrected chi connectivity index (χ1v) is 4.49. The van der Waals surface area contributed by atoms with E-state index in [0.29, 0.717) is 0 Å². The zero-order valence-corrected chi connectivity index (χ0v) is 8.68. The summed E-state index contributed by atoms with van der Waals surface area (Å²) >= 11 is 0. The average molecular weight is 166 g/mol. The molecule has 0 aliphatic rings. The Morgan fingerprint density at radius 3 is 2.33 bits per heavy atom. The number of nitrogens with zero attached hydrogens (tertiary/aromatic N) is 2. The maximum absolute atomic E-state index is 4.32. The van der Waals surface area contributed by atoms with Gasteiger partial charge in [0, 0.05) is 17.7 Å². The van der Waals surface area contributed by atoms with Gasteiger partial charge in [0.05, 0.1) is 12.0 Å². The lowest BCUT2D eigenvalue weighted by Gasteiger charge is -2.21. The maximum Gasteiger partial charge on any atom is 0.0951 e. The Kier molecular flexibility index (Phi) is 2.27. The highest BCUT2D eigenvalue weighted by atomic mass is 15.1. The molecule has 1 rings (SSSR count). The van der Waals surface area contributed by atoms with Crippen LogP contribution in [0, 0.1) is 6.92 Å². The fourth-order valence-corrected chi connectivity index (χ4v) is 1.70. The third-order valence-electron chi connectivity index (χ3n) is 2.07. The van der Waals surface area contributed by atoms with Crippen molar-refractivity contribution in [2.45, 2.75) is 46.6 Å². The second-order valence-corrected chi connectivity index (χ2v) is 4.21. The largest absolute Gasteiger partial charge is 0.334 e. The summed E-state index contributed by atoms with van der Waals surface area (Å²) in [5, 5.41) is 0. The Hall–Kier alpha value is -0.790. The van der Waals surface area contributed by atoms with E-state index in [0.717, 1.165) is 12.2 Å². The fraction of sp³-hybridized carbons (Fsp3) is 0.700. The van der Waals surface area contributed by atoms with Gasteiger partial charge in [-0.05, 0) is 13.8 Å². The zero-order chi connectivity index (χ0) is 9.35. The van der Waals surface area contributed by atoms with Gasteiger partial charge in [-0.1, -0.05) is 20.8 Å². The molecule has 0 saturated carbocycles. The number of hydrogen-bond donors (Lipinski definition) is 0. The van der Waals surface area contributed by atoms with Gasteiger partial charge in [0.15, 0.2) is 0 Å². The van der Waals surface area contributed by atoms with Gasteiger partial charge in [-0.15, -0.1) is 0 Å². The Morgan fingerprint density at radius 1 is 1.42 bits per heavy atom. The van der Waals surface area contributed by atoms with E-state index >= 15 is 0 Å². The molecule has 0 N–H and O–H groups in total. The number of rotatable bonds is 1. The second kappa shape index (κ2) is 2.92. The molecule has 0 aliphatic carbocycles. The first-order valence-electron chi connectivity index (χ1n) is 4.49. The molecule has 12 heavy (non-hydrogen) atoms. The van der Waals surface area contributed by atoms with Crippen molar-refractivity contribution in [3.8, 4) is 0 Å². The van der Waals surface area contributed by atoms with Crippen molar-refractivity contribution in [3.63, 3.8) is 0 Å². The summed E-state index contributed by atoms with van der Waals surface area (Å²) in [7, 11) is 0. The molecule has 0 aromatic carbocycles. The van der Waals surface area contributed by atoms with Crippen LogP contribution in [0.1, 0.15) is 39.1 Å². The molecule has 1 heterocycles. The van der Waals surface area contributed by atoms with Crippen LogP contribution in [-0.2, 0) is 12.0 Å². The van der Waals surface area contributed by atoms with E-state index in [1.54, 1.807) is 0 Å². The number of aromatic nitrogens is 2. The van der Waals surface area contributed by atoms with Gasteiger partial charge < -0.3 is 4.57 Å². The Balaban J connectivity index is 3.19. The molecule has 1 aromatic heterocycles. The lowest BCUT2D eigenvalue weighted by molar-refractivity contribution is 0.522.